The average Bonchev–Trinajstić information content (AvgIpc) is 3.13. The van der Waals surface area contributed by atoms with Crippen molar-refractivity contribution in [1.82, 2.24) is 20.9 Å². The molecule has 1 aliphatic heterocycles. The van der Waals surface area contributed by atoms with Gasteiger partial charge in [-0.2, -0.15) is 0 Å². The van der Waals surface area contributed by atoms with Gasteiger partial charge in [-0.25, -0.2) is 4.99 Å². The molecule has 1 aromatic heterocycles. The fourth-order valence-electron chi connectivity index (χ4n) is 2.94. The number of guanidine groups is 1. The van der Waals surface area contributed by atoms with Crippen LogP contribution in [-0.4, -0.2) is 55.5 Å². The zero-order valence-corrected chi connectivity index (χ0v) is 18.1. The van der Waals surface area contributed by atoms with E-state index in [1.165, 1.54) is 13.0 Å². The lowest BCUT2D eigenvalue weighted by molar-refractivity contribution is -0.119. The zero-order valence-electron chi connectivity index (χ0n) is 15.8. The minimum absolute atomic E-state index is 0. The van der Waals surface area contributed by atoms with Gasteiger partial charge in [-0.3, -0.25) is 4.79 Å². The number of rotatable bonds is 8. The van der Waals surface area contributed by atoms with E-state index in [2.05, 4.69) is 32.8 Å². The molecule has 1 saturated heterocycles. The predicted molar refractivity (Wildman–Crippen MR) is 115 cm³/mol. The molecule has 1 amide bonds. The van der Waals surface area contributed by atoms with Crippen LogP contribution in [0.1, 0.15) is 38.9 Å². The average molecular weight is 477 g/mol. The summed E-state index contributed by atoms with van der Waals surface area (Å²) >= 11 is 0. The third kappa shape index (κ3) is 8.39. The van der Waals surface area contributed by atoms with Gasteiger partial charge in [0, 0.05) is 25.7 Å². The summed E-state index contributed by atoms with van der Waals surface area (Å²) < 4.78 is 5.20. The Bertz CT molecular complexity index is 528. The van der Waals surface area contributed by atoms with Crippen molar-refractivity contribution in [3.8, 4) is 0 Å². The number of likely N-dealkylation sites (tertiary alicyclic amines) is 1. The maximum absolute atomic E-state index is 11.9. The summed E-state index contributed by atoms with van der Waals surface area (Å²) in [5.41, 5.74) is 0. The second-order valence-corrected chi connectivity index (χ2v) is 6.31. The molecular formula is C18H32IN5O2. The molecule has 1 aliphatic rings. The molecule has 0 saturated carbocycles. The van der Waals surface area contributed by atoms with Crippen LogP contribution in [0.15, 0.2) is 27.8 Å². The van der Waals surface area contributed by atoms with Crippen molar-refractivity contribution in [2.24, 2.45) is 4.99 Å². The Labute approximate surface area is 173 Å². The Morgan fingerprint density at radius 2 is 2.08 bits per heavy atom. The molecule has 1 aromatic rings. The minimum Gasteiger partial charge on any atom is -0.467 e. The molecule has 0 atom stereocenters. The quantitative estimate of drug-likeness (QED) is 0.303. The maximum Gasteiger partial charge on any atom is 0.242 e. The molecule has 7 nitrogen and oxygen atoms in total. The third-order valence-electron chi connectivity index (χ3n) is 4.23. The Balaban J connectivity index is 0.00000338. The Kier molecular flexibility index (Phi) is 11.3. The number of nitrogens with zero attached hydrogens (tertiary/aromatic N) is 2. The van der Waals surface area contributed by atoms with Gasteiger partial charge in [-0.05, 0) is 44.9 Å². The van der Waals surface area contributed by atoms with Gasteiger partial charge in [0.15, 0.2) is 5.96 Å². The monoisotopic (exact) mass is 477 g/mol. The van der Waals surface area contributed by atoms with Crippen LogP contribution in [-0.2, 0) is 11.3 Å². The molecule has 3 N–H and O–H groups in total. The second-order valence-electron chi connectivity index (χ2n) is 6.31. The van der Waals surface area contributed by atoms with Gasteiger partial charge >= 0.3 is 0 Å². The summed E-state index contributed by atoms with van der Waals surface area (Å²) in [6.45, 7) is 8.93. The van der Waals surface area contributed by atoms with Crippen LogP contribution < -0.4 is 16.0 Å². The van der Waals surface area contributed by atoms with E-state index in [-0.39, 0.29) is 36.4 Å². The molecular weight excluding hydrogens is 445 g/mol. The van der Waals surface area contributed by atoms with Gasteiger partial charge in [0.25, 0.3) is 0 Å². The summed E-state index contributed by atoms with van der Waals surface area (Å²) in [6, 6.07) is 4.05. The summed E-state index contributed by atoms with van der Waals surface area (Å²) in [5, 5.41) is 9.48. The number of carbonyl (C=O) groups is 1. The molecule has 0 bridgehead atoms. The lowest BCUT2D eigenvalue weighted by Gasteiger charge is -2.32. The molecule has 0 aliphatic carbocycles. The third-order valence-corrected chi connectivity index (χ3v) is 4.23. The Hall–Kier alpha value is -1.29. The molecule has 2 heterocycles. The molecule has 2 rings (SSSR count). The number of piperidine rings is 1. The molecule has 0 spiro atoms. The van der Waals surface area contributed by atoms with Crippen molar-refractivity contribution >= 4 is 35.8 Å². The van der Waals surface area contributed by atoms with Crippen LogP contribution in [0.3, 0.4) is 0 Å². The van der Waals surface area contributed by atoms with Gasteiger partial charge in [0.1, 0.15) is 12.3 Å². The molecule has 0 radical (unpaired) electrons. The van der Waals surface area contributed by atoms with Crippen molar-refractivity contribution < 1.29 is 9.21 Å². The van der Waals surface area contributed by atoms with Crippen molar-refractivity contribution in [3.63, 3.8) is 0 Å². The van der Waals surface area contributed by atoms with Gasteiger partial charge < -0.3 is 25.3 Å². The van der Waals surface area contributed by atoms with Crippen LogP contribution in [0.5, 0.6) is 0 Å². The van der Waals surface area contributed by atoms with E-state index in [0.717, 1.165) is 38.2 Å². The highest BCUT2D eigenvalue weighted by molar-refractivity contribution is 14.0. The number of aliphatic imine (C=N–C) groups is 1. The zero-order chi connectivity index (χ0) is 17.9. The van der Waals surface area contributed by atoms with Crippen molar-refractivity contribution in [2.45, 2.75) is 45.7 Å². The lowest BCUT2D eigenvalue weighted by atomic mass is 10.1. The highest BCUT2D eigenvalue weighted by atomic mass is 127. The highest BCUT2D eigenvalue weighted by Gasteiger charge is 2.19. The van der Waals surface area contributed by atoms with Gasteiger partial charge in [0.05, 0.1) is 12.8 Å². The minimum atomic E-state index is -0.119. The Morgan fingerprint density at radius 3 is 2.69 bits per heavy atom. The highest BCUT2D eigenvalue weighted by Crippen LogP contribution is 2.10. The molecule has 0 aromatic carbocycles. The van der Waals surface area contributed by atoms with Crippen molar-refractivity contribution in [2.75, 3.05) is 32.7 Å². The van der Waals surface area contributed by atoms with E-state index in [9.17, 15) is 4.79 Å². The number of halogens is 1. The molecule has 148 valence electrons. The maximum atomic E-state index is 11.9. The van der Waals surface area contributed by atoms with E-state index in [0.29, 0.717) is 18.5 Å². The fourth-order valence-corrected chi connectivity index (χ4v) is 2.94. The topological polar surface area (TPSA) is 81.9 Å². The number of hydrogen-bond acceptors (Lipinski definition) is 4. The summed E-state index contributed by atoms with van der Waals surface area (Å²) in [6.07, 6.45) is 5.01. The summed E-state index contributed by atoms with van der Waals surface area (Å²) in [4.78, 5) is 18.8. The van der Waals surface area contributed by atoms with Crippen LogP contribution in [0.2, 0.25) is 0 Å². The number of amides is 1. The van der Waals surface area contributed by atoms with Crippen molar-refractivity contribution in [1.29, 1.82) is 0 Å². The van der Waals surface area contributed by atoms with E-state index < -0.39 is 0 Å². The molecule has 8 heteroatoms. The van der Waals surface area contributed by atoms with E-state index in [1.807, 2.05) is 13.0 Å². The van der Waals surface area contributed by atoms with Gasteiger partial charge in [-0.1, -0.05) is 6.92 Å². The predicted octanol–water partition coefficient (Wildman–Crippen LogP) is 1.94. The first-order valence-electron chi connectivity index (χ1n) is 9.27. The molecule has 1 fully saturated rings. The van der Waals surface area contributed by atoms with Crippen LogP contribution >= 0.6 is 24.0 Å². The smallest absolute Gasteiger partial charge is 0.242 e. The first-order chi connectivity index (χ1) is 12.2. The van der Waals surface area contributed by atoms with E-state index in [4.69, 9.17) is 4.42 Å². The largest absolute Gasteiger partial charge is 0.467 e. The molecule has 26 heavy (non-hydrogen) atoms. The number of furan rings is 1. The van der Waals surface area contributed by atoms with E-state index in [1.54, 1.807) is 12.3 Å². The molecule has 0 unspecified atom stereocenters. The summed E-state index contributed by atoms with van der Waals surface area (Å²) in [5.74, 6) is 1.33. The normalized spacial score (nSPS) is 16.0. The number of nitrogens with one attached hydrogen (secondary N) is 3. The summed E-state index contributed by atoms with van der Waals surface area (Å²) in [7, 11) is 0. The fraction of sp³-hybridized carbons (Fsp3) is 0.667. The lowest BCUT2D eigenvalue weighted by Crippen LogP contribution is -2.49. The number of hydrogen-bond donors (Lipinski definition) is 3. The second kappa shape index (κ2) is 13.0. The van der Waals surface area contributed by atoms with Crippen LogP contribution in [0, 0.1) is 0 Å². The standard InChI is InChI=1S/C18H31N5O2.HI/c1-3-9-23-10-7-15(8-11-23)22-18(19-4-2)21-14-17(24)20-13-16-6-5-12-25-16;/h5-6,12,15H,3-4,7-11,13-14H2,1-2H3,(H,20,24)(H2,19,21,22);1H. The van der Waals surface area contributed by atoms with Crippen LogP contribution in [0.25, 0.3) is 0 Å². The van der Waals surface area contributed by atoms with E-state index >= 15 is 0 Å². The van der Waals surface area contributed by atoms with Gasteiger partial charge in [0.2, 0.25) is 5.91 Å². The van der Waals surface area contributed by atoms with Gasteiger partial charge in [-0.15, -0.1) is 24.0 Å². The SMILES string of the molecule is CCCN1CCC(NC(=NCC(=O)NCc2ccco2)NCC)CC1.I. The number of carbonyl (C=O) groups excluding carboxylic acids is 1. The first kappa shape index (κ1) is 22.8. The van der Waals surface area contributed by atoms with Crippen molar-refractivity contribution in [3.05, 3.63) is 24.2 Å². The van der Waals surface area contributed by atoms with Crippen LogP contribution in [0.4, 0.5) is 0 Å². The Morgan fingerprint density at radius 1 is 1.31 bits per heavy atom. The first-order valence-corrected chi connectivity index (χ1v) is 9.27.